The molecule has 0 bridgehead atoms. The summed E-state index contributed by atoms with van der Waals surface area (Å²) in [4.78, 5) is 0. The van der Waals surface area contributed by atoms with Crippen LogP contribution in [0.5, 0.6) is 11.5 Å². The van der Waals surface area contributed by atoms with E-state index in [1.54, 1.807) is 0 Å². The summed E-state index contributed by atoms with van der Waals surface area (Å²) in [6, 6.07) is 7.26. The van der Waals surface area contributed by atoms with Crippen LogP contribution in [-0.2, 0) is 21.7 Å². The van der Waals surface area contributed by atoms with Crippen LogP contribution in [0.25, 0.3) is 0 Å². The van der Waals surface area contributed by atoms with Crippen molar-refractivity contribution in [3.8, 4) is 11.5 Å². The largest absolute Gasteiger partial charge is 0.494 e. The van der Waals surface area contributed by atoms with E-state index in [0.29, 0.717) is 4.47 Å². The minimum Gasteiger partial charge on any atom is -0.491 e. The van der Waals surface area contributed by atoms with Gasteiger partial charge in [-0.05, 0) is 63.5 Å². The molecule has 0 radical (unpaired) electrons. The van der Waals surface area contributed by atoms with Gasteiger partial charge in [0, 0.05) is 4.47 Å². The number of ether oxygens (including phenoxy) is 2. The Labute approximate surface area is 225 Å². The maximum atomic E-state index is 13.2. The highest BCUT2D eigenvalue weighted by Crippen LogP contribution is 2.39. The van der Waals surface area contributed by atoms with Gasteiger partial charge in [-0.2, -0.15) is 26.3 Å². The fraction of sp³-hybridized carbons (Fsp3) is 0.500. The summed E-state index contributed by atoms with van der Waals surface area (Å²) in [6.07, 6.45) is -9.04. The van der Waals surface area contributed by atoms with Crippen molar-refractivity contribution in [3.05, 3.63) is 52.0 Å². The van der Waals surface area contributed by atoms with E-state index in [2.05, 4.69) is 15.9 Å². The molecule has 2 aromatic carbocycles. The predicted molar refractivity (Wildman–Crippen MR) is 131 cm³/mol. The molecule has 3 rings (SSSR count). The van der Waals surface area contributed by atoms with Crippen LogP contribution >= 0.6 is 15.9 Å². The first kappa shape index (κ1) is 32.2. The SMILES string of the molecule is CC1(C)OB(c2ccc(OCCO)c(C(F)(F)F)c2)OC1(C)C.OCCOc1ccc(Br)cc1C(F)(F)F. The fourth-order valence-corrected chi connectivity index (χ4v) is 3.54. The van der Waals surface area contributed by atoms with Crippen molar-refractivity contribution in [3.63, 3.8) is 0 Å². The molecule has 0 atom stereocenters. The molecule has 2 aromatic rings. The normalized spacial score (nSPS) is 16.6. The van der Waals surface area contributed by atoms with E-state index >= 15 is 0 Å². The number of hydrogen-bond acceptors (Lipinski definition) is 6. The number of benzene rings is 2. The Hall–Kier alpha value is -2.00. The van der Waals surface area contributed by atoms with Gasteiger partial charge in [-0.1, -0.05) is 22.0 Å². The lowest BCUT2D eigenvalue weighted by molar-refractivity contribution is -0.139. The lowest BCUT2D eigenvalue weighted by Gasteiger charge is -2.32. The second-order valence-electron chi connectivity index (χ2n) is 9.12. The minimum atomic E-state index is -4.58. The van der Waals surface area contributed by atoms with Crippen LogP contribution in [0.3, 0.4) is 0 Å². The number of hydrogen-bond donors (Lipinski definition) is 2. The molecule has 0 saturated carbocycles. The lowest BCUT2D eigenvalue weighted by Crippen LogP contribution is -2.41. The van der Waals surface area contributed by atoms with Gasteiger partial charge in [0.05, 0.1) is 35.5 Å². The summed E-state index contributed by atoms with van der Waals surface area (Å²) in [6.45, 7) is 6.26. The Bertz CT molecular complexity index is 1060. The summed E-state index contributed by atoms with van der Waals surface area (Å²) < 4.78 is 98.7. The molecule has 0 amide bonds. The molecule has 0 aromatic heterocycles. The monoisotopic (exact) mass is 616 g/mol. The highest BCUT2D eigenvalue weighted by Gasteiger charge is 2.52. The van der Waals surface area contributed by atoms with E-state index in [9.17, 15) is 26.3 Å². The Morgan fingerprint density at radius 3 is 1.61 bits per heavy atom. The zero-order chi connectivity index (χ0) is 28.9. The molecule has 0 unspecified atom stereocenters. The molecule has 38 heavy (non-hydrogen) atoms. The topological polar surface area (TPSA) is 77.4 Å². The lowest BCUT2D eigenvalue weighted by atomic mass is 9.78. The second-order valence-corrected chi connectivity index (χ2v) is 10.0. The van der Waals surface area contributed by atoms with Crippen LogP contribution in [0, 0.1) is 0 Å². The van der Waals surface area contributed by atoms with Crippen molar-refractivity contribution in [1.82, 2.24) is 0 Å². The molecule has 1 heterocycles. The summed E-state index contributed by atoms with van der Waals surface area (Å²) >= 11 is 2.95. The summed E-state index contributed by atoms with van der Waals surface area (Å²) in [5, 5.41) is 17.2. The predicted octanol–water partition coefficient (Wildman–Crippen LogP) is 5.21. The molecule has 1 fully saturated rings. The van der Waals surface area contributed by atoms with E-state index in [0.717, 1.165) is 12.1 Å². The number of halogens is 7. The Balaban J connectivity index is 0.000000293. The van der Waals surface area contributed by atoms with Crippen molar-refractivity contribution >= 4 is 28.5 Å². The van der Waals surface area contributed by atoms with E-state index in [1.807, 2.05) is 27.7 Å². The Morgan fingerprint density at radius 2 is 1.18 bits per heavy atom. The summed E-state index contributed by atoms with van der Waals surface area (Å²) in [5.74, 6) is -0.605. The van der Waals surface area contributed by atoms with Crippen molar-refractivity contribution in [2.24, 2.45) is 0 Å². The van der Waals surface area contributed by atoms with Crippen LogP contribution in [0.4, 0.5) is 26.3 Å². The van der Waals surface area contributed by atoms with E-state index < -0.39 is 41.8 Å². The third-order valence-electron chi connectivity index (χ3n) is 5.78. The van der Waals surface area contributed by atoms with Crippen LogP contribution in [0.1, 0.15) is 38.8 Å². The van der Waals surface area contributed by atoms with Gasteiger partial charge in [-0.25, -0.2) is 0 Å². The molecule has 1 saturated heterocycles. The van der Waals surface area contributed by atoms with E-state index in [-0.39, 0.29) is 43.4 Å². The second kappa shape index (κ2) is 12.5. The van der Waals surface area contributed by atoms with Gasteiger partial charge >= 0.3 is 19.5 Å². The molecular weight excluding hydrogens is 589 g/mol. The Kier molecular flexibility index (Phi) is 10.6. The van der Waals surface area contributed by atoms with Gasteiger partial charge < -0.3 is 29.0 Å². The fourth-order valence-electron chi connectivity index (χ4n) is 3.18. The minimum absolute atomic E-state index is 0.162. The van der Waals surface area contributed by atoms with Gasteiger partial charge in [0.2, 0.25) is 0 Å². The number of aliphatic hydroxyl groups excluding tert-OH is 2. The quantitative estimate of drug-likeness (QED) is 0.328. The molecule has 2 N–H and O–H groups in total. The molecule has 6 nitrogen and oxygen atoms in total. The molecule has 1 aliphatic heterocycles. The molecule has 14 heteroatoms. The van der Waals surface area contributed by atoms with Gasteiger partial charge in [0.25, 0.3) is 0 Å². The zero-order valence-corrected chi connectivity index (χ0v) is 22.6. The first-order valence-corrected chi connectivity index (χ1v) is 12.1. The van der Waals surface area contributed by atoms with Crippen LogP contribution in [0.15, 0.2) is 40.9 Å². The van der Waals surface area contributed by atoms with Crippen LogP contribution < -0.4 is 14.9 Å². The molecule has 0 aliphatic carbocycles. The average Bonchev–Trinajstić information content (AvgIpc) is 3.02. The van der Waals surface area contributed by atoms with Crippen molar-refractivity contribution in [1.29, 1.82) is 0 Å². The number of rotatable bonds is 7. The number of aliphatic hydroxyl groups is 2. The van der Waals surface area contributed by atoms with Gasteiger partial charge in [-0.15, -0.1) is 0 Å². The molecular formula is C24H28BBrF6O6. The third-order valence-corrected chi connectivity index (χ3v) is 6.27. The van der Waals surface area contributed by atoms with E-state index in [4.69, 9.17) is 29.0 Å². The summed E-state index contributed by atoms with van der Waals surface area (Å²) in [5.41, 5.74) is -2.78. The maximum absolute atomic E-state index is 13.2. The molecule has 212 valence electrons. The smallest absolute Gasteiger partial charge is 0.491 e. The van der Waals surface area contributed by atoms with Gasteiger partial charge in [0.1, 0.15) is 24.7 Å². The highest BCUT2D eigenvalue weighted by molar-refractivity contribution is 9.10. The van der Waals surface area contributed by atoms with Gasteiger partial charge in [-0.3, -0.25) is 0 Å². The molecule has 0 spiro atoms. The van der Waals surface area contributed by atoms with Gasteiger partial charge in [0.15, 0.2) is 0 Å². The first-order valence-electron chi connectivity index (χ1n) is 11.3. The van der Waals surface area contributed by atoms with Crippen molar-refractivity contribution < 1.29 is 55.3 Å². The highest BCUT2D eigenvalue weighted by atomic mass is 79.9. The van der Waals surface area contributed by atoms with Crippen LogP contribution in [0.2, 0.25) is 0 Å². The summed E-state index contributed by atoms with van der Waals surface area (Å²) in [7, 11) is -0.881. The first-order chi connectivity index (χ1) is 17.4. The number of alkyl halides is 6. The average molecular weight is 617 g/mol. The maximum Gasteiger partial charge on any atom is 0.494 e. The van der Waals surface area contributed by atoms with Crippen molar-refractivity contribution in [2.45, 2.75) is 51.2 Å². The standard InChI is InChI=1S/C15H20BF3O4.C9H8BrF3O2/c1-13(2)14(3,4)23-16(22-13)10-5-6-12(21-8-7-20)11(9-10)15(17,18)19;10-6-1-2-8(15-4-3-14)7(5-6)9(11,12)13/h5-6,9,20H,7-8H2,1-4H3;1-2,5,14H,3-4H2. The Morgan fingerprint density at radius 1 is 0.763 bits per heavy atom. The third kappa shape index (κ3) is 8.25. The van der Waals surface area contributed by atoms with Crippen molar-refractivity contribution in [2.75, 3.05) is 26.4 Å². The molecule has 1 aliphatic rings. The zero-order valence-electron chi connectivity index (χ0n) is 21.0. The van der Waals surface area contributed by atoms with Crippen LogP contribution in [-0.4, -0.2) is 55.0 Å². The van der Waals surface area contributed by atoms with E-state index in [1.165, 1.54) is 24.3 Å².